The van der Waals surface area contributed by atoms with Gasteiger partial charge in [0.25, 0.3) is 5.91 Å². The van der Waals surface area contributed by atoms with E-state index in [-0.39, 0.29) is 5.91 Å². The Kier molecular flexibility index (Phi) is 4.26. The van der Waals surface area contributed by atoms with Crippen LogP contribution in [0.25, 0.3) is 10.8 Å². The molecule has 0 aliphatic heterocycles. The highest BCUT2D eigenvalue weighted by atomic mass is 32.2. The van der Waals surface area contributed by atoms with E-state index >= 15 is 0 Å². The van der Waals surface area contributed by atoms with Crippen molar-refractivity contribution in [3.63, 3.8) is 0 Å². The van der Waals surface area contributed by atoms with Crippen LogP contribution in [0.4, 0.5) is 0 Å². The van der Waals surface area contributed by atoms with E-state index in [2.05, 4.69) is 54.8 Å². The number of amides is 1. The van der Waals surface area contributed by atoms with Crippen LogP contribution in [0, 0.1) is 0 Å². The Labute approximate surface area is 152 Å². The lowest BCUT2D eigenvalue weighted by Gasteiger charge is -2.19. The zero-order chi connectivity index (χ0) is 17.4. The van der Waals surface area contributed by atoms with Crippen LogP contribution in [-0.4, -0.2) is 24.1 Å². The molecule has 0 saturated heterocycles. The van der Waals surface area contributed by atoms with E-state index in [0.717, 1.165) is 29.4 Å². The molecule has 0 atom stereocenters. The molecule has 3 aromatic rings. The molecule has 0 spiro atoms. The summed E-state index contributed by atoms with van der Waals surface area (Å²) < 4.78 is 0. The second-order valence-electron chi connectivity index (χ2n) is 6.62. The van der Waals surface area contributed by atoms with Crippen LogP contribution in [0.15, 0.2) is 59.5 Å². The number of nitrogens with zero attached hydrogens (tertiary/aromatic N) is 1. The average molecular weight is 347 g/mol. The zero-order valence-electron chi connectivity index (χ0n) is 14.6. The van der Waals surface area contributed by atoms with Gasteiger partial charge in [-0.3, -0.25) is 4.79 Å². The third-order valence-electron chi connectivity index (χ3n) is 5.03. The van der Waals surface area contributed by atoms with Crippen LogP contribution in [0.1, 0.15) is 27.0 Å². The van der Waals surface area contributed by atoms with Gasteiger partial charge in [-0.25, -0.2) is 0 Å². The minimum absolute atomic E-state index is 0.0875. The molecule has 0 saturated carbocycles. The molecule has 0 unspecified atom stereocenters. The highest BCUT2D eigenvalue weighted by molar-refractivity contribution is 7.98. The number of benzene rings is 3. The Morgan fingerprint density at radius 2 is 1.72 bits per heavy atom. The number of thioether (sulfide) groups is 1. The Bertz CT molecular complexity index is 936. The molecule has 0 radical (unpaired) electrons. The van der Waals surface area contributed by atoms with E-state index in [4.69, 9.17) is 0 Å². The van der Waals surface area contributed by atoms with Gasteiger partial charge in [-0.15, -0.1) is 11.8 Å². The van der Waals surface area contributed by atoms with Crippen molar-refractivity contribution in [2.24, 2.45) is 0 Å². The van der Waals surface area contributed by atoms with Crippen molar-refractivity contribution < 1.29 is 4.79 Å². The molecule has 126 valence electrons. The molecule has 0 N–H and O–H groups in total. The standard InChI is InChI=1S/C22H21NOS/c1-23(14-15-6-11-18(25-2)12-7-15)22(24)20-13-10-17-9-8-16-4-3-5-19(20)21(16)17/h3-7,10-13H,8-9,14H2,1-2H3. The van der Waals surface area contributed by atoms with Gasteiger partial charge >= 0.3 is 0 Å². The largest absolute Gasteiger partial charge is 0.337 e. The van der Waals surface area contributed by atoms with Gasteiger partial charge in [0, 0.05) is 24.1 Å². The zero-order valence-corrected chi connectivity index (χ0v) is 15.4. The second-order valence-corrected chi connectivity index (χ2v) is 7.50. The van der Waals surface area contributed by atoms with Gasteiger partial charge in [0.1, 0.15) is 0 Å². The molecule has 0 bridgehead atoms. The van der Waals surface area contributed by atoms with Crippen LogP contribution in [0.5, 0.6) is 0 Å². The Balaban J connectivity index is 1.63. The van der Waals surface area contributed by atoms with Gasteiger partial charge < -0.3 is 4.90 Å². The SMILES string of the molecule is CSc1ccc(CN(C)C(=O)c2ccc3c4c(cccc24)CC3)cc1. The second kappa shape index (κ2) is 6.57. The van der Waals surface area contributed by atoms with Gasteiger partial charge in [0.15, 0.2) is 0 Å². The van der Waals surface area contributed by atoms with Gasteiger partial charge in [0.2, 0.25) is 0 Å². The first kappa shape index (κ1) is 16.2. The number of aryl methyl sites for hydroxylation is 2. The molecule has 0 fully saturated rings. The van der Waals surface area contributed by atoms with Crippen LogP contribution in [0.2, 0.25) is 0 Å². The Morgan fingerprint density at radius 3 is 2.44 bits per heavy atom. The van der Waals surface area contributed by atoms with Crippen LogP contribution in [0.3, 0.4) is 0 Å². The summed E-state index contributed by atoms with van der Waals surface area (Å²) in [5, 5.41) is 2.40. The third kappa shape index (κ3) is 2.93. The van der Waals surface area contributed by atoms with Gasteiger partial charge in [-0.2, -0.15) is 0 Å². The maximum absolute atomic E-state index is 13.1. The minimum atomic E-state index is 0.0875. The van der Waals surface area contributed by atoms with Crippen molar-refractivity contribution in [1.29, 1.82) is 0 Å². The molecule has 0 aromatic heterocycles. The van der Waals surface area contributed by atoms with Crippen molar-refractivity contribution >= 4 is 28.4 Å². The number of hydrogen-bond donors (Lipinski definition) is 0. The van der Waals surface area contributed by atoms with E-state index in [0.29, 0.717) is 6.54 Å². The van der Waals surface area contributed by atoms with Gasteiger partial charge in [-0.05, 0) is 64.8 Å². The first-order valence-corrected chi connectivity index (χ1v) is 9.82. The predicted octanol–water partition coefficient (Wildman–Crippen LogP) is 4.93. The summed E-state index contributed by atoms with van der Waals surface area (Å²) >= 11 is 1.73. The molecule has 25 heavy (non-hydrogen) atoms. The Hall–Kier alpha value is -2.26. The van der Waals surface area contributed by atoms with Gasteiger partial charge in [0.05, 0.1) is 0 Å². The van der Waals surface area contributed by atoms with Crippen LogP contribution < -0.4 is 0 Å². The number of hydrogen-bond acceptors (Lipinski definition) is 2. The maximum atomic E-state index is 13.1. The van der Waals surface area contributed by atoms with E-state index < -0.39 is 0 Å². The summed E-state index contributed by atoms with van der Waals surface area (Å²) in [6.45, 7) is 0.621. The van der Waals surface area contributed by atoms with E-state index in [1.54, 1.807) is 11.8 Å². The summed E-state index contributed by atoms with van der Waals surface area (Å²) in [6.07, 6.45) is 4.24. The first-order chi connectivity index (χ1) is 12.2. The molecule has 1 aliphatic carbocycles. The highest BCUT2D eigenvalue weighted by Crippen LogP contribution is 2.33. The van der Waals surface area contributed by atoms with E-state index in [1.807, 2.05) is 18.0 Å². The monoisotopic (exact) mass is 347 g/mol. The van der Waals surface area contributed by atoms with Crippen molar-refractivity contribution in [2.45, 2.75) is 24.3 Å². The van der Waals surface area contributed by atoms with Crippen LogP contribution >= 0.6 is 11.8 Å². The molecule has 2 nitrogen and oxygen atoms in total. The molecular weight excluding hydrogens is 326 g/mol. The first-order valence-electron chi connectivity index (χ1n) is 8.59. The predicted molar refractivity (Wildman–Crippen MR) is 105 cm³/mol. The lowest BCUT2D eigenvalue weighted by molar-refractivity contribution is 0.0787. The summed E-state index contributed by atoms with van der Waals surface area (Å²) in [7, 11) is 1.88. The molecule has 3 heteroatoms. The number of carbonyl (C=O) groups is 1. The fraction of sp³-hybridized carbons (Fsp3) is 0.227. The summed E-state index contributed by atoms with van der Waals surface area (Å²) in [4.78, 5) is 16.1. The smallest absolute Gasteiger partial charge is 0.254 e. The van der Waals surface area contributed by atoms with Crippen molar-refractivity contribution in [1.82, 2.24) is 4.90 Å². The quantitative estimate of drug-likeness (QED) is 0.624. The molecular formula is C22H21NOS. The van der Waals surface area contributed by atoms with Crippen molar-refractivity contribution in [3.8, 4) is 0 Å². The minimum Gasteiger partial charge on any atom is -0.337 e. The molecule has 0 heterocycles. The van der Waals surface area contributed by atoms with E-state index in [9.17, 15) is 4.79 Å². The van der Waals surface area contributed by atoms with E-state index in [1.165, 1.54) is 21.4 Å². The summed E-state index contributed by atoms with van der Waals surface area (Å²) in [6, 6.07) is 18.9. The molecule has 3 aromatic carbocycles. The fourth-order valence-electron chi connectivity index (χ4n) is 3.72. The van der Waals surface area contributed by atoms with Gasteiger partial charge in [-0.1, -0.05) is 36.4 Å². The summed E-state index contributed by atoms with van der Waals surface area (Å²) in [5.74, 6) is 0.0875. The Morgan fingerprint density at radius 1 is 1.00 bits per heavy atom. The third-order valence-corrected chi connectivity index (χ3v) is 5.78. The molecule has 1 aliphatic rings. The maximum Gasteiger partial charge on any atom is 0.254 e. The average Bonchev–Trinajstić information content (AvgIpc) is 3.07. The molecule has 4 rings (SSSR count). The van der Waals surface area contributed by atoms with Crippen molar-refractivity contribution in [2.75, 3.05) is 13.3 Å². The lowest BCUT2D eigenvalue weighted by atomic mass is 9.99. The lowest BCUT2D eigenvalue weighted by Crippen LogP contribution is -2.26. The normalized spacial score (nSPS) is 12.6. The topological polar surface area (TPSA) is 20.3 Å². The highest BCUT2D eigenvalue weighted by Gasteiger charge is 2.20. The summed E-state index contributed by atoms with van der Waals surface area (Å²) in [5.41, 5.74) is 4.71. The van der Waals surface area contributed by atoms with Crippen LogP contribution in [-0.2, 0) is 19.4 Å². The number of rotatable bonds is 4. The van der Waals surface area contributed by atoms with Crippen molar-refractivity contribution in [3.05, 3.63) is 76.9 Å². The number of carbonyl (C=O) groups excluding carboxylic acids is 1. The fourth-order valence-corrected chi connectivity index (χ4v) is 4.12. The molecule has 1 amide bonds.